The maximum absolute atomic E-state index is 11.5. The van der Waals surface area contributed by atoms with Gasteiger partial charge in [0.15, 0.2) is 0 Å². The molecule has 2 N–H and O–H groups in total. The van der Waals surface area contributed by atoms with E-state index in [2.05, 4.69) is 5.32 Å². The number of aliphatic carboxylic acids is 1. The first-order chi connectivity index (χ1) is 8.63. The molecule has 7 nitrogen and oxygen atoms in total. The van der Waals surface area contributed by atoms with E-state index in [1.807, 2.05) is 0 Å². The quantitative estimate of drug-likeness (QED) is 0.621. The van der Waals surface area contributed by atoms with Gasteiger partial charge in [0.1, 0.15) is 9.84 Å². The maximum Gasteiger partial charge on any atom is 0.317 e. The molecule has 0 fully saturated rings. The van der Waals surface area contributed by atoms with Gasteiger partial charge >= 0.3 is 12.0 Å². The number of carboxylic acids is 1. The van der Waals surface area contributed by atoms with Crippen LogP contribution in [0.15, 0.2) is 0 Å². The van der Waals surface area contributed by atoms with Crippen LogP contribution in [-0.4, -0.2) is 62.6 Å². The van der Waals surface area contributed by atoms with Gasteiger partial charge in [-0.3, -0.25) is 4.79 Å². The highest BCUT2D eigenvalue weighted by Gasteiger charge is 2.12. The van der Waals surface area contributed by atoms with E-state index >= 15 is 0 Å². The Morgan fingerprint density at radius 3 is 2.42 bits per heavy atom. The lowest BCUT2D eigenvalue weighted by atomic mass is 10.1. The van der Waals surface area contributed by atoms with Crippen molar-refractivity contribution in [3.8, 4) is 0 Å². The second-order valence-electron chi connectivity index (χ2n) is 4.66. The fraction of sp³-hybridized carbons (Fsp3) is 0.818. The minimum atomic E-state index is -3.09. The average Bonchev–Trinajstić information content (AvgIpc) is 2.29. The molecule has 0 aliphatic carbocycles. The Morgan fingerprint density at radius 2 is 1.95 bits per heavy atom. The number of nitrogens with zero attached hydrogens (tertiary/aromatic N) is 1. The minimum absolute atomic E-state index is 0.0764. The number of rotatable bonds is 8. The number of hydrogen-bond donors (Lipinski definition) is 2. The predicted octanol–water partition coefficient (Wildman–Crippen LogP) is 0.173. The monoisotopic (exact) mass is 294 g/mol. The molecule has 2 amide bonds. The molecule has 0 spiro atoms. The summed E-state index contributed by atoms with van der Waals surface area (Å²) in [6, 6.07) is -0.355. The third-order valence-electron chi connectivity index (χ3n) is 2.66. The highest BCUT2D eigenvalue weighted by Crippen LogP contribution is 2.04. The molecule has 0 aromatic heterocycles. The van der Waals surface area contributed by atoms with Gasteiger partial charge in [-0.25, -0.2) is 13.2 Å². The van der Waals surface area contributed by atoms with Crippen LogP contribution >= 0.6 is 0 Å². The molecule has 0 aliphatic rings. The average molecular weight is 294 g/mol. The minimum Gasteiger partial charge on any atom is -0.481 e. The Bertz CT molecular complexity index is 407. The van der Waals surface area contributed by atoms with E-state index in [1.165, 1.54) is 11.9 Å². The van der Waals surface area contributed by atoms with E-state index in [-0.39, 0.29) is 18.3 Å². The number of carboxylic acid groups (broad SMARTS) is 1. The van der Waals surface area contributed by atoms with Crippen molar-refractivity contribution in [1.29, 1.82) is 0 Å². The van der Waals surface area contributed by atoms with E-state index in [9.17, 15) is 18.0 Å². The van der Waals surface area contributed by atoms with Gasteiger partial charge in [0.05, 0.1) is 11.7 Å². The van der Waals surface area contributed by atoms with E-state index in [1.54, 1.807) is 6.92 Å². The van der Waals surface area contributed by atoms with Crippen LogP contribution in [0.4, 0.5) is 4.79 Å². The number of amides is 2. The molecule has 0 saturated carbocycles. The van der Waals surface area contributed by atoms with Crippen molar-refractivity contribution in [3.63, 3.8) is 0 Å². The fourth-order valence-corrected chi connectivity index (χ4v) is 1.87. The molecular weight excluding hydrogens is 272 g/mol. The van der Waals surface area contributed by atoms with Gasteiger partial charge in [-0.05, 0) is 12.8 Å². The van der Waals surface area contributed by atoms with Crippen molar-refractivity contribution in [1.82, 2.24) is 10.2 Å². The molecule has 19 heavy (non-hydrogen) atoms. The first-order valence-corrected chi connectivity index (χ1v) is 8.09. The van der Waals surface area contributed by atoms with Crippen molar-refractivity contribution in [2.24, 2.45) is 5.92 Å². The second kappa shape index (κ2) is 7.98. The molecule has 112 valence electrons. The molecule has 0 bridgehead atoms. The molecule has 0 aliphatic heterocycles. The zero-order chi connectivity index (χ0) is 15.1. The summed E-state index contributed by atoms with van der Waals surface area (Å²) in [5.74, 6) is -1.36. The SMILES string of the molecule is CC(CCCNC(=O)N(C)CCS(C)(=O)=O)C(=O)O. The molecule has 0 radical (unpaired) electrons. The number of carbonyl (C=O) groups is 2. The third kappa shape index (κ3) is 9.29. The lowest BCUT2D eigenvalue weighted by Gasteiger charge is -2.17. The molecule has 0 aromatic carbocycles. The topological polar surface area (TPSA) is 104 Å². The Hall–Kier alpha value is -1.31. The molecule has 1 unspecified atom stereocenters. The van der Waals surface area contributed by atoms with E-state index < -0.39 is 21.7 Å². The zero-order valence-electron chi connectivity index (χ0n) is 11.5. The van der Waals surface area contributed by atoms with Crippen molar-refractivity contribution in [3.05, 3.63) is 0 Å². The van der Waals surface area contributed by atoms with Crippen LogP contribution in [0.5, 0.6) is 0 Å². The number of nitrogens with one attached hydrogen (secondary N) is 1. The Kier molecular flexibility index (Phi) is 7.43. The van der Waals surface area contributed by atoms with Gasteiger partial charge in [-0.1, -0.05) is 6.92 Å². The predicted molar refractivity (Wildman–Crippen MR) is 71.8 cm³/mol. The molecular formula is C11H22N2O5S. The molecule has 0 aromatic rings. The van der Waals surface area contributed by atoms with Gasteiger partial charge in [-0.2, -0.15) is 0 Å². The summed E-state index contributed by atoms with van der Waals surface area (Å²) >= 11 is 0. The van der Waals surface area contributed by atoms with Crippen LogP contribution in [0.1, 0.15) is 19.8 Å². The normalized spacial score (nSPS) is 12.8. The van der Waals surface area contributed by atoms with Crippen LogP contribution in [0.3, 0.4) is 0 Å². The highest BCUT2D eigenvalue weighted by atomic mass is 32.2. The molecule has 0 heterocycles. The fourth-order valence-electron chi connectivity index (χ4n) is 1.27. The van der Waals surface area contributed by atoms with Crippen molar-refractivity contribution >= 4 is 21.8 Å². The largest absolute Gasteiger partial charge is 0.481 e. The van der Waals surface area contributed by atoms with Crippen molar-refractivity contribution in [2.75, 3.05) is 32.1 Å². The van der Waals surface area contributed by atoms with Gasteiger partial charge in [-0.15, -0.1) is 0 Å². The summed E-state index contributed by atoms with van der Waals surface area (Å²) in [6.07, 6.45) is 2.17. The van der Waals surface area contributed by atoms with E-state index in [0.29, 0.717) is 19.4 Å². The van der Waals surface area contributed by atoms with Crippen molar-refractivity contribution < 1.29 is 23.1 Å². The van der Waals surface area contributed by atoms with Gasteiger partial charge in [0.25, 0.3) is 0 Å². The van der Waals surface area contributed by atoms with Crippen LogP contribution in [0, 0.1) is 5.92 Å². The zero-order valence-corrected chi connectivity index (χ0v) is 12.4. The molecule has 8 heteroatoms. The lowest BCUT2D eigenvalue weighted by Crippen LogP contribution is -2.40. The Balaban J connectivity index is 3.83. The summed E-state index contributed by atoms with van der Waals surface area (Å²) in [5, 5.41) is 11.3. The smallest absolute Gasteiger partial charge is 0.317 e. The molecule has 1 atom stereocenters. The number of sulfone groups is 1. The summed E-state index contributed by atoms with van der Waals surface area (Å²) in [4.78, 5) is 23.4. The van der Waals surface area contributed by atoms with Gasteiger partial charge in [0, 0.05) is 26.4 Å². The number of hydrogen-bond acceptors (Lipinski definition) is 4. The van der Waals surface area contributed by atoms with E-state index in [4.69, 9.17) is 5.11 Å². The van der Waals surface area contributed by atoms with Crippen LogP contribution in [-0.2, 0) is 14.6 Å². The van der Waals surface area contributed by atoms with Gasteiger partial charge in [0.2, 0.25) is 0 Å². The Labute approximate surface area is 113 Å². The third-order valence-corrected chi connectivity index (χ3v) is 3.58. The second-order valence-corrected chi connectivity index (χ2v) is 6.92. The highest BCUT2D eigenvalue weighted by molar-refractivity contribution is 7.90. The molecule has 0 saturated heterocycles. The first kappa shape index (κ1) is 17.7. The van der Waals surface area contributed by atoms with Crippen molar-refractivity contribution in [2.45, 2.75) is 19.8 Å². The first-order valence-electron chi connectivity index (χ1n) is 6.03. The Morgan fingerprint density at radius 1 is 1.37 bits per heavy atom. The lowest BCUT2D eigenvalue weighted by molar-refractivity contribution is -0.141. The van der Waals surface area contributed by atoms with E-state index in [0.717, 1.165) is 6.26 Å². The summed E-state index contributed by atoms with van der Waals surface area (Å²) < 4.78 is 21.9. The standard InChI is InChI=1S/C11H22N2O5S/c1-9(10(14)15)5-4-6-12-11(16)13(2)7-8-19(3,17)18/h9H,4-8H2,1-3H3,(H,12,16)(H,14,15). The van der Waals surface area contributed by atoms with Gasteiger partial charge < -0.3 is 15.3 Å². The summed E-state index contributed by atoms with van der Waals surface area (Å²) in [7, 11) is -1.57. The maximum atomic E-state index is 11.5. The van der Waals surface area contributed by atoms with Crippen LogP contribution in [0.2, 0.25) is 0 Å². The number of carbonyl (C=O) groups excluding carboxylic acids is 1. The van der Waals surface area contributed by atoms with Crippen LogP contribution < -0.4 is 5.32 Å². The summed E-state index contributed by atoms with van der Waals surface area (Å²) in [6.45, 7) is 2.12. The summed E-state index contributed by atoms with van der Waals surface area (Å²) in [5.41, 5.74) is 0. The number of urea groups is 1. The molecule has 0 rings (SSSR count). The van der Waals surface area contributed by atoms with Crippen LogP contribution in [0.25, 0.3) is 0 Å².